The fourth-order valence-electron chi connectivity index (χ4n) is 2.72. The lowest BCUT2D eigenvalue weighted by Gasteiger charge is -2.22. The lowest BCUT2D eigenvalue weighted by molar-refractivity contribution is -0.00464. The van der Waals surface area contributed by atoms with Crippen molar-refractivity contribution < 1.29 is 14.2 Å². The zero-order valence-corrected chi connectivity index (χ0v) is 29.5. The Morgan fingerprint density at radius 1 is 0.697 bits per heavy atom. The second-order valence-electron chi connectivity index (χ2n) is 8.35. The van der Waals surface area contributed by atoms with Crippen LogP contribution in [0.15, 0.2) is 42.2 Å². The largest absolute Gasteiger partial charge is 0.490 e. The third-order valence-corrected chi connectivity index (χ3v) is 9.33. The Bertz CT molecular complexity index is 885. The lowest BCUT2D eigenvalue weighted by Crippen LogP contribution is -2.26. The molecule has 0 aromatic heterocycles. The molecule has 2 aromatic rings. The summed E-state index contributed by atoms with van der Waals surface area (Å²) in [5.74, 6) is 1.58. The standard InChI is InChI=1S/C23H25Br7O3/c1-23(2,3)33-12-16(26)11-32-22-19(29)7-14(8-20(22)30)4-13-5-17(27)21(18(28)6-13)31-10-15(25)9-24/h5-8,15-16H,4,9-12H2,1-3H3. The van der Waals surface area contributed by atoms with Crippen LogP contribution in [0, 0.1) is 0 Å². The molecule has 0 saturated heterocycles. The van der Waals surface area contributed by atoms with Gasteiger partial charge in [0.25, 0.3) is 0 Å². The zero-order chi connectivity index (χ0) is 24.8. The molecule has 0 saturated carbocycles. The minimum Gasteiger partial charge on any atom is -0.490 e. The van der Waals surface area contributed by atoms with E-state index in [0.29, 0.717) is 19.8 Å². The highest BCUT2D eigenvalue weighted by Gasteiger charge is 2.17. The SMILES string of the molecule is CC(C)(C)OCC(Br)COc1c(Br)cc(Cc2cc(Br)c(OCC(Br)CBr)c(Br)c2)cc1Br. The molecular formula is C23H25Br7O3. The Labute approximate surface area is 255 Å². The van der Waals surface area contributed by atoms with E-state index in [1.165, 1.54) is 0 Å². The highest BCUT2D eigenvalue weighted by Crippen LogP contribution is 2.38. The van der Waals surface area contributed by atoms with Gasteiger partial charge >= 0.3 is 0 Å². The van der Waals surface area contributed by atoms with Gasteiger partial charge in [0.2, 0.25) is 0 Å². The maximum absolute atomic E-state index is 6.05. The molecule has 0 aliphatic rings. The molecule has 0 spiro atoms. The molecule has 2 atom stereocenters. The van der Waals surface area contributed by atoms with E-state index in [1.54, 1.807) is 0 Å². The molecule has 10 heteroatoms. The second kappa shape index (κ2) is 14.3. The first kappa shape index (κ1) is 30.6. The predicted molar refractivity (Wildman–Crippen MR) is 162 cm³/mol. The van der Waals surface area contributed by atoms with Crippen LogP contribution in [0.4, 0.5) is 0 Å². The van der Waals surface area contributed by atoms with E-state index >= 15 is 0 Å². The van der Waals surface area contributed by atoms with E-state index in [0.717, 1.165) is 52.3 Å². The van der Waals surface area contributed by atoms with Crippen molar-refractivity contribution >= 4 is 112 Å². The van der Waals surface area contributed by atoms with Crippen LogP contribution in [0.25, 0.3) is 0 Å². The lowest BCUT2D eigenvalue weighted by atomic mass is 10.0. The average Bonchev–Trinajstić information content (AvgIpc) is 2.70. The van der Waals surface area contributed by atoms with Crippen LogP contribution in [0.1, 0.15) is 31.9 Å². The van der Waals surface area contributed by atoms with E-state index in [4.69, 9.17) is 14.2 Å². The van der Waals surface area contributed by atoms with Crippen LogP contribution in [0.2, 0.25) is 0 Å². The summed E-state index contributed by atoms with van der Waals surface area (Å²) < 4.78 is 21.4. The minimum absolute atomic E-state index is 0.0972. The van der Waals surface area contributed by atoms with Crippen molar-refractivity contribution in [3.63, 3.8) is 0 Å². The van der Waals surface area contributed by atoms with Crippen LogP contribution in [0.3, 0.4) is 0 Å². The molecule has 0 amide bonds. The smallest absolute Gasteiger partial charge is 0.147 e. The molecule has 0 aliphatic heterocycles. The van der Waals surface area contributed by atoms with E-state index in [1.807, 2.05) is 20.8 Å². The summed E-state index contributed by atoms with van der Waals surface area (Å²) in [6, 6.07) is 8.36. The first-order chi connectivity index (χ1) is 15.4. The van der Waals surface area contributed by atoms with Gasteiger partial charge in [-0.2, -0.15) is 0 Å². The zero-order valence-electron chi connectivity index (χ0n) is 18.4. The summed E-state index contributed by atoms with van der Waals surface area (Å²) in [7, 11) is 0. The molecule has 0 N–H and O–H groups in total. The van der Waals surface area contributed by atoms with Gasteiger partial charge < -0.3 is 14.2 Å². The van der Waals surface area contributed by atoms with Crippen molar-refractivity contribution in [3.05, 3.63) is 53.3 Å². The van der Waals surface area contributed by atoms with E-state index in [9.17, 15) is 0 Å². The first-order valence-electron chi connectivity index (χ1n) is 10.1. The molecule has 0 aliphatic carbocycles. The highest BCUT2D eigenvalue weighted by atomic mass is 79.9. The topological polar surface area (TPSA) is 27.7 Å². The summed E-state index contributed by atoms with van der Waals surface area (Å²) in [5, 5.41) is 0.824. The maximum Gasteiger partial charge on any atom is 0.147 e. The quantitative estimate of drug-likeness (QED) is 0.211. The first-order valence-corrected chi connectivity index (χ1v) is 16.2. The number of halogens is 7. The van der Waals surface area contributed by atoms with Gasteiger partial charge in [0.05, 0.1) is 39.8 Å². The van der Waals surface area contributed by atoms with Gasteiger partial charge in [-0.25, -0.2) is 0 Å². The average molecular weight is 909 g/mol. The Kier molecular flexibility index (Phi) is 13.3. The maximum atomic E-state index is 6.05. The third kappa shape index (κ3) is 10.7. The Morgan fingerprint density at radius 2 is 1.09 bits per heavy atom. The number of hydrogen-bond acceptors (Lipinski definition) is 3. The fraction of sp³-hybridized carbons (Fsp3) is 0.478. The number of alkyl halides is 3. The molecule has 2 aromatic carbocycles. The Balaban J connectivity index is 2.06. The molecule has 2 rings (SSSR count). The van der Waals surface area contributed by atoms with Gasteiger partial charge in [-0.15, -0.1) is 0 Å². The van der Waals surface area contributed by atoms with Crippen molar-refractivity contribution in [1.29, 1.82) is 0 Å². The molecule has 0 heterocycles. The van der Waals surface area contributed by atoms with Crippen LogP contribution in [-0.2, 0) is 11.2 Å². The van der Waals surface area contributed by atoms with E-state index < -0.39 is 0 Å². The molecule has 2 unspecified atom stereocenters. The van der Waals surface area contributed by atoms with Crippen LogP contribution in [-0.4, -0.2) is 40.4 Å². The van der Waals surface area contributed by atoms with Crippen LogP contribution in [0.5, 0.6) is 11.5 Å². The van der Waals surface area contributed by atoms with Crippen molar-refractivity contribution in [2.75, 3.05) is 25.2 Å². The van der Waals surface area contributed by atoms with E-state index in [2.05, 4.69) is 136 Å². The van der Waals surface area contributed by atoms with Crippen molar-refractivity contribution in [2.24, 2.45) is 0 Å². The summed E-state index contributed by atoms with van der Waals surface area (Å²) in [6.45, 7) is 7.77. The highest BCUT2D eigenvalue weighted by molar-refractivity contribution is 9.12. The van der Waals surface area contributed by atoms with Crippen molar-refractivity contribution in [1.82, 2.24) is 0 Å². The molecular weight excluding hydrogens is 884 g/mol. The normalized spacial score (nSPS) is 13.6. The Hall–Kier alpha value is 1.36. The third-order valence-electron chi connectivity index (χ3n) is 4.21. The van der Waals surface area contributed by atoms with Crippen molar-refractivity contribution in [2.45, 2.75) is 42.4 Å². The summed E-state index contributed by atoms with van der Waals surface area (Å²) in [5.41, 5.74) is 2.14. The molecule has 0 bridgehead atoms. The monoisotopic (exact) mass is 902 g/mol. The fourth-order valence-corrected chi connectivity index (χ4v) is 6.32. The van der Waals surface area contributed by atoms with Crippen molar-refractivity contribution in [3.8, 4) is 11.5 Å². The number of benzene rings is 2. The van der Waals surface area contributed by atoms with E-state index in [-0.39, 0.29) is 15.3 Å². The molecule has 33 heavy (non-hydrogen) atoms. The number of ether oxygens (including phenoxy) is 3. The predicted octanol–water partition coefficient (Wildman–Crippen LogP) is 9.82. The molecule has 184 valence electrons. The van der Waals surface area contributed by atoms with Gasteiger partial charge in [-0.05, 0) is 126 Å². The van der Waals surface area contributed by atoms with Crippen LogP contribution < -0.4 is 9.47 Å². The molecule has 0 fully saturated rings. The van der Waals surface area contributed by atoms with Gasteiger partial charge in [0.1, 0.15) is 24.7 Å². The van der Waals surface area contributed by atoms with Gasteiger partial charge in [0.15, 0.2) is 0 Å². The number of hydrogen-bond donors (Lipinski definition) is 0. The van der Waals surface area contributed by atoms with Gasteiger partial charge in [-0.3, -0.25) is 0 Å². The Morgan fingerprint density at radius 3 is 1.45 bits per heavy atom. The second-order valence-corrected chi connectivity index (χ2v) is 15.0. The summed E-state index contributed by atoms with van der Waals surface area (Å²) in [6.07, 6.45) is 0.762. The molecule has 3 nitrogen and oxygen atoms in total. The van der Waals surface area contributed by atoms with Crippen LogP contribution >= 0.6 is 112 Å². The number of rotatable bonds is 11. The molecule has 0 radical (unpaired) electrons. The minimum atomic E-state index is -0.174. The van der Waals surface area contributed by atoms with Gasteiger partial charge in [0, 0.05) is 5.33 Å². The van der Waals surface area contributed by atoms with Gasteiger partial charge in [-0.1, -0.05) is 47.8 Å². The summed E-state index contributed by atoms with van der Waals surface area (Å²) >= 11 is 25.3. The summed E-state index contributed by atoms with van der Waals surface area (Å²) in [4.78, 5) is 0.345.